The van der Waals surface area contributed by atoms with Gasteiger partial charge in [-0.2, -0.15) is 5.26 Å². The van der Waals surface area contributed by atoms with Crippen molar-refractivity contribution in [1.29, 1.82) is 5.26 Å². The van der Waals surface area contributed by atoms with E-state index in [1.165, 1.54) is 24.3 Å². The molecule has 0 aromatic heterocycles. The summed E-state index contributed by atoms with van der Waals surface area (Å²) in [7, 11) is -3.41. The molecule has 0 spiro atoms. The normalized spacial score (nSPS) is 10.8. The third kappa shape index (κ3) is 2.95. The molecule has 0 aliphatic carbocycles. The van der Waals surface area contributed by atoms with E-state index in [0.29, 0.717) is 11.3 Å². The minimum absolute atomic E-state index is 0.00470. The van der Waals surface area contributed by atoms with Crippen LogP contribution in [-0.4, -0.2) is 32.9 Å². The summed E-state index contributed by atoms with van der Waals surface area (Å²) < 4.78 is 23.9. The summed E-state index contributed by atoms with van der Waals surface area (Å²) in [5.74, 6) is 0. The van der Waals surface area contributed by atoms with Crippen LogP contribution in [0.25, 0.3) is 0 Å². The number of aliphatic hydroxyl groups is 1. The Kier molecular flexibility index (Phi) is 3.88. The first-order chi connectivity index (χ1) is 7.49. The Morgan fingerprint density at radius 2 is 1.94 bits per heavy atom. The number of aliphatic hydroxyl groups excluding tert-OH is 1. The van der Waals surface area contributed by atoms with Crippen LogP contribution in [0.1, 0.15) is 5.56 Å². The number of anilines is 1. The summed E-state index contributed by atoms with van der Waals surface area (Å²) in [6.45, 7) is -0.252. The van der Waals surface area contributed by atoms with Gasteiger partial charge in [0.25, 0.3) is 0 Å². The first kappa shape index (κ1) is 12.5. The van der Waals surface area contributed by atoms with E-state index < -0.39 is 10.0 Å². The van der Waals surface area contributed by atoms with Gasteiger partial charge in [0.2, 0.25) is 10.0 Å². The second-order valence-corrected chi connectivity index (χ2v) is 5.12. The van der Waals surface area contributed by atoms with Gasteiger partial charge in [0, 0.05) is 0 Å². The average molecular weight is 240 g/mol. The molecule has 1 aromatic carbocycles. The minimum Gasteiger partial charge on any atom is -0.394 e. The zero-order valence-electron chi connectivity index (χ0n) is 8.79. The number of sulfonamides is 1. The Morgan fingerprint density at radius 3 is 2.31 bits per heavy atom. The summed E-state index contributed by atoms with van der Waals surface area (Å²) in [6.07, 6.45) is 1.07. The van der Waals surface area contributed by atoms with Gasteiger partial charge in [0.1, 0.15) is 0 Å². The molecule has 16 heavy (non-hydrogen) atoms. The van der Waals surface area contributed by atoms with Gasteiger partial charge >= 0.3 is 0 Å². The maximum absolute atomic E-state index is 11.4. The molecule has 1 aromatic rings. The standard InChI is InChI=1S/C10H12N2O3S/c1-16(14,15)12(6-7-13)10-4-2-9(8-11)3-5-10/h2-5,13H,6-7H2,1H3. The third-order valence-electron chi connectivity index (χ3n) is 1.99. The maximum Gasteiger partial charge on any atom is 0.232 e. The van der Waals surface area contributed by atoms with Gasteiger partial charge in [-0.1, -0.05) is 0 Å². The second kappa shape index (κ2) is 4.96. The summed E-state index contributed by atoms with van der Waals surface area (Å²) >= 11 is 0. The molecule has 0 saturated heterocycles. The van der Waals surface area contributed by atoms with E-state index in [1.807, 2.05) is 6.07 Å². The molecule has 0 unspecified atom stereocenters. The molecular formula is C10H12N2O3S. The van der Waals surface area contributed by atoms with Crippen molar-refractivity contribution in [3.05, 3.63) is 29.8 Å². The van der Waals surface area contributed by atoms with E-state index in [1.54, 1.807) is 0 Å². The van der Waals surface area contributed by atoms with Crippen LogP contribution in [0.3, 0.4) is 0 Å². The molecule has 0 saturated carbocycles. The fourth-order valence-corrected chi connectivity index (χ4v) is 2.20. The predicted molar refractivity (Wildman–Crippen MR) is 60.4 cm³/mol. The number of rotatable bonds is 4. The van der Waals surface area contributed by atoms with Gasteiger partial charge in [-0.25, -0.2) is 8.42 Å². The van der Waals surface area contributed by atoms with Crippen molar-refractivity contribution in [3.8, 4) is 6.07 Å². The number of nitrogens with zero attached hydrogens (tertiary/aromatic N) is 2. The Balaban J connectivity index is 3.08. The molecule has 1 rings (SSSR count). The second-order valence-electron chi connectivity index (χ2n) is 3.22. The Bertz CT molecular complexity index is 488. The molecule has 0 heterocycles. The highest BCUT2D eigenvalue weighted by molar-refractivity contribution is 7.92. The van der Waals surface area contributed by atoms with E-state index in [9.17, 15) is 8.42 Å². The Hall–Kier alpha value is -1.58. The van der Waals surface area contributed by atoms with Crippen molar-refractivity contribution in [1.82, 2.24) is 0 Å². The zero-order valence-corrected chi connectivity index (χ0v) is 9.61. The van der Waals surface area contributed by atoms with E-state index in [4.69, 9.17) is 10.4 Å². The molecule has 0 radical (unpaired) electrons. The van der Waals surface area contributed by atoms with Crippen molar-refractivity contribution in [3.63, 3.8) is 0 Å². The summed E-state index contributed by atoms with van der Waals surface area (Å²) in [6, 6.07) is 8.09. The molecule has 5 nitrogen and oxygen atoms in total. The maximum atomic E-state index is 11.4. The van der Waals surface area contributed by atoms with Gasteiger partial charge < -0.3 is 5.11 Å². The van der Waals surface area contributed by atoms with Crippen LogP contribution >= 0.6 is 0 Å². The van der Waals surface area contributed by atoms with E-state index in [0.717, 1.165) is 10.6 Å². The Morgan fingerprint density at radius 1 is 1.38 bits per heavy atom. The summed E-state index contributed by atoms with van der Waals surface area (Å²) in [4.78, 5) is 0. The Labute approximate surface area is 94.6 Å². The minimum atomic E-state index is -3.41. The van der Waals surface area contributed by atoms with Gasteiger partial charge in [0.15, 0.2) is 0 Å². The quantitative estimate of drug-likeness (QED) is 0.821. The molecule has 86 valence electrons. The van der Waals surface area contributed by atoms with Crippen LogP contribution in [0, 0.1) is 11.3 Å². The van der Waals surface area contributed by atoms with Gasteiger partial charge in [-0.15, -0.1) is 0 Å². The van der Waals surface area contributed by atoms with Crippen LogP contribution in [0.4, 0.5) is 5.69 Å². The lowest BCUT2D eigenvalue weighted by molar-refractivity contribution is 0.307. The molecule has 0 aliphatic heterocycles. The smallest absolute Gasteiger partial charge is 0.232 e. The largest absolute Gasteiger partial charge is 0.394 e. The van der Waals surface area contributed by atoms with Crippen molar-refractivity contribution in [2.24, 2.45) is 0 Å². The van der Waals surface area contributed by atoms with Crippen LogP contribution < -0.4 is 4.31 Å². The molecule has 0 amide bonds. The SMILES string of the molecule is CS(=O)(=O)N(CCO)c1ccc(C#N)cc1. The fourth-order valence-electron chi connectivity index (χ4n) is 1.28. The molecule has 0 aliphatic rings. The number of hydrogen-bond donors (Lipinski definition) is 1. The molecule has 0 fully saturated rings. The highest BCUT2D eigenvalue weighted by Crippen LogP contribution is 2.17. The van der Waals surface area contributed by atoms with E-state index >= 15 is 0 Å². The summed E-state index contributed by atoms with van der Waals surface area (Å²) in [5.41, 5.74) is 0.900. The topological polar surface area (TPSA) is 81.4 Å². The van der Waals surface area contributed by atoms with Crippen molar-refractivity contribution >= 4 is 15.7 Å². The van der Waals surface area contributed by atoms with Gasteiger partial charge in [-0.05, 0) is 24.3 Å². The first-order valence-corrected chi connectivity index (χ1v) is 6.42. The predicted octanol–water partition coefficient (Wildman–Crippen LogP) is 0.317. The van der Waals surface area contributed by atoms with E-state index in [-0.39, 0.29) is 13.2 Å². The van der Waals surface area contributed by atoms with Crippen molar-refractivity contribution < 1.29 is 13.5 Å². The highest BCUT2D eigenvalue weighted by Gasteiger charge is 2.16. The third-order valence-corrected chi connectivity index (χ3v) is 3.18. The lowest BCUT2D eigenvalue weighted by Crippen LogP contribution is -2.32. The number of hydrogen-bond acceptors (Lipinski definition) is 4. The number of nitriles is 1. The molecule has 6 heteroatoms. The molecule has 0 atom stereocenters. The molecular weight excluding hydrogens is 228 g/mol. The van der Waals surface area contributed by atoms with Crippen LogP contribution in [0.15, 0.2) is 24.3 Å². The van der Waals surface area contributed by atoms with Crippen LogP contribution in [-0.2, 0) is 10.0 Å². The average Bonchev–Trinajstić information content (AvgIpc) is 2.25. The molecule has 1 N–H and O–H groups in total. The van der Waals surface area contributed by atoms with Crippen LogP contribution in [0.2, 0.25) is 0 Å². The zero-order chi connectivity index (χ0) is 12.2. The number of benzene rings is 1. The fraction of sp³-hybridized carbons (Fsp3) is 0.300. The highest BCUT2D eigenvalue weighted by atomic mass is 32.2. The van der Waals surface area contributed by atoms with Crippen molar-refractivity contribution in [2.75, 3.05) is 23.7 Å². The summed E-state index contributed by atoms with van der Waals surface area (Å²) in [5, 5.41) is 17.4. The van der Waals surface area contributed by atoms with Crippen LogP contribution in [0.5, 0.6) is 0 Å². The first-order valence-electron chi connectivity index (χ1n) is 4.58. The van der Waals surface area contributed by atoms with Gasteiger partial charge in [0.05, 0.1) is 36.7 Å². The van der Waals surface area contributed by atoms with Gasteiger partial charge in [-0.3, -0.25) is 4.31 Å². The van der Waals surface area contributed by atoms with E-state index in [2.05, 4.69) is 0 Å². The lowest BCUT2D eigenvalue weighted by atomic mass is 10.2. The lowest BCUT2D eigenvalue weighted by Gasteiger charge is -2.21. The van der Waals surface area contributed by atoms with Crippen molar-refractivity contribution in [2.45, 2.75) is 0 Å². The monoisotopic (exact) mass is 240 g/mol. The molecule has 0 bridgehead atoms.